The molecule has 134 valence electrons. The third kappa shape index (κ3) is 5.48. The van der Waals surface area contributed by atoms with Crippen LogP contribution in [0.25, 0.3) is 0 Å². The normalized spacial score (nSPS) is 12.0. The number of nitrogens with one attached hydrogen (secondary N) is 1. The summed E-state index contributed by atoms with van der Waals surface area (Å²) in [5.74, 6) is 0.589. The lowest BCUT2D eigenvalue weighted by Crippen LogP contribution is -2.34. The van der Waals surface area contributed by atoms with Crippen molar-refractivity contribution in [1.29, 1.82) is 0 Å². The van der Waals surface area contributed by atoms with E-state index in [1.54, 1.807) is 12.1 Å². The van der Waals surface area contributed by atoms with Gasteiger partial charge in [-0.1, -0.05) is 42.8 Å². The molecule has 0 aliphatic rings. The lowest BCUT2D eigenvalue weighted by atomic mass is 10.1. The van der Waals surface area contributed by atoms with Crippen LogP contribution in [0.3, 0.4) is 0 Å². The molecule has 0 aliphatic carbocycles. The van der Waals surface area contributed by atoms with Crippen molar-refractivity contribution in [3.05, 3.63) is 64.7 Å². The average Bonchev–Trinajstić information content (AvgIpc) is 2.61. The number of carbonyl (C=O) groups is 1. The Morgan fingerprint density at radius 2 is 1.96 bits per heavy atom. The van der Waals surface area contributed by atoms with Crippen molar-refractivity contribution in [2.24, 2.45) is 0 Å². The first kappa shape index (κ1) is 19.3. The number of nitrogens with zero attached hydrogens (tertiary/aromatic N) is 1. The van der Waals surface area contributed by atoms with Gasteiger partial charge in [0.2, 0.25) is 0 Å². The van der Waals surface area contributed by atoms with Crippen molar-refractivity contribution in [1.82, 2.24) is 10.2 Å². The van der Waals surface area contributed by atoms with E-state index in [0.29, 0.717) is 29.5 Å². The first-order valence-corrected chi connectivity index (χ1v) is 8.82. The van der Waals surface area contributed by atoms with Gasteiger partial charge in [-0.25, -0.2) is 0 Å². The van der Waals surface area contributed by atoms with E-state index in [0.717, 1.165) is 12.0 Å². The van der Waals surface area contributed by atoms with Crippen LogP contribution in [-0.4, -0.2) is 38.1 Å². The molecular weight excluding hydrogens is 336 g/mol. The highest BCUT2D eigenvalue weighted by atomic mass is 35.5. The van der Waals surface area contributed by atoms with E-state index >= 15 is 0 Å². The number of carbonyl (C=O) groups excluding carboxylic acids is 1. The Bertz CT molecular complexity index is 704. The van der Waals surface area contributed by atoms with Gasteiger partial charge < -0.3 is 15.0 Å². The van der Waals surface area contributed by atoms with Gasteiger partial charge in [-0.15, -0.1) is 0 Å². The van der Waals surface area contributed by atoms with E-state index in [4.69, 9.17) is 16.3 Å². The van der Waals surface area contributed by atoms with Crippen LogP contribution in [0.5, 0.6) is 5.75 Å². The van der Waals surface area contributed by atoms with E-state index in [9.17, 15) is 4.79 Å². The van der Waals surface area contributed by atoms with Crippen LogP contribution in [0.2, 0.25) is 5.02 Å². The smallest absolute Gasteiger partial charge is 0.251 e. The first-order chi connectivity index (χ1) is 12.0. The first-order valence-electron chi connectivity index (χ1n) is 8.44. The molecule has 2 aromatic rings. The molecule has 0 spiro atoms. The van der Waals surface area contributed by atoms with Crippen molar-refractivity contribution in [3.63, 3.8) is 0 Å². The second-order valence-electron chi connectivity index (χ2n) is 6.09. The van der Waals surface area contributed by atoms with Crippen LogP contribution in [0.15, 0.2) is 48.5 Å². The van der Waals surface area contributed by atoms with Gasteiger partial charge in [-0.3, -0.25) is 4.79 Å². The predicted molar refractivity (Wildman–Crippen MR) is 102 cm³/mol. The molecular formula is C20H25ClN2O2. The van der Waals surface area contributed by atoms with Crippen molar-refractivity contribution in [2.45, 2.75) is 19.4 Å². The third-order valence-electron chi connectivity index (χ3n) is 3.91. The minimum atomic E-state index is -0.124. The van der Waals surface area contributed by atoms with Crippen LogP contribution >= 0.6 is 11.6 Å². The molecule has 0 heterocycles. The molecule has 4 nitrogen and oxygen atoms in total. The molecule has 0 bridgehead atoms. The van der Waals surface area contributed by atoms with Crippen molar-refractivity contribution < 1.29 is 9.53 Å². The number of amides is 1. The zero-order chi connectivity index (χ0) is 18.2. The predicted octanol–water partition coefficient (Wildman–Crippen LogP) is 4.16. The number of benzene rings is 2. The van der Waals surface area contributed by atoms with E-state index in [1.807, 2.05) is 62.3 Å². The Morgan fingerprint density at radius 1 is 1.20 bits per heavy atom. The molecule has 5 heteroatoms. The third-order valence-corrected chi connectivity index (χ3v) is 4.26. The maximum Gasteiger partial charge on any atom is 0.251 e. The van der Waals surface area contributed by atoms with Crippen LogP contribution in [0.1, 0.15) is 35.3 Å². The summed E-state index contributed by atoms with van der Waals surface area (Å²) in [6.45, 7) is 3.16. The zero-order valence-corrected chi connectivity index (χ0v) is 15.7. The summed E-state index contributed by atoms with van der Waals surface area (Å²) in [4.78, 5) is 14.5. The fraction of sp³-hybridized carbons (Fsp3) is 0.350. The summed E-state index contributed by atoms with van der Waals surface area (Å²) < 4.78 is 5.59. The Labute approximate surface area is 154 Å². The van der Waals surface area contributed by atoms with Crippen LogP contribution in [-0.2, 0) is 0 Å². The summed E-state index contributed by atoms with van der Waals surface area (Å²) >= 11 is 6.31. The fourth-order valence-electron chi connectivity index (χ4n) is 2.55. The molecule has 25 heavy (non-hydrogen) atoms. The maximum absolute atomic E-state index is 12.5. The highest BCUT2D eigenvalue weighted by Crippen LogP contribution is 2.25. The molecule has 0 radical (unpaired) electrons. The Kier molecular flexibility index (Phi) is 7.29. The fourth-order valence-corrected chi connectivity index (χ4v) is 2.82. The van der Waals surface area contributed by atoms with Gasteiger partial charge in [0.1, 0.15) is 5.75 Å². The molecule has 0 aromatic heterocycles. The topological polar surface area (TPSA) is 41.6 Å². The Balaban J connectivity index is 2.05. The van der Waals surface area contributed by atoms with Gasteiger partial charge >= 0.3 is 0 Å². The number of likely N-dealkylation sites (N-methyl/N-ethyl adjacent to an activating group) is 1. The van der Waals surface area contributed by atoms with Crippen molar-refractivity contribution in [2.75, 3.05) is 27.2 Å². The SMILES string of the molecule is CCCOc1cccc(C(=O)NCC(c2ccccc2Cl)N(C)C)c1. The minimum Gasteiger partial charge on any atom is -0.494 e. The highest BCUT2D eigenvalue weighted by molar-refractivity contribution is 6.31. The molecule has 0 saturated carbocycles. The monoisotopic (exact) mass is 360 g/mol. The lowest BCUT2D eigenvalue weighted by Gasteiger charge is -2.26. The van der Waals surface area contributed by atoms with Crippen molar-refractivity contribution >= 4 is 17.5 Å². The summed E-state index contributed by atoms with van der Waals surface area (Å²) in [5.41, 5.74) is 1.58. The molecule has 0 fully saturated rings. The molecule has 1 unspecified atom stereocenters. The van der Waals surface area contributed by atoms with Gasteiger partial charge in [0.25, 0.3) is 5.91 Å². The minimum absolute atomic E-state index is 0.00262. The largest absolute Gasteiger partial charge is 0.494 e. The second kappa shape index (κ2) is 9.44. The molecule has 2 rings (SSSR count). The summed E-state index contributed by atoms with van der Waals surface area (Å²) in [6, 6.07) is 14.9. The number of hydrogen-bond donors (Lipinski definition) is 1. The molecule has 1 N–H and O–H groups in total. The summed E-state index contributed by atoms with van der Waals surface area (Å²) in [7, 11) is 3.94. The lowest BCUT2D eigenvalue weighted by molar-refractivity contribution is 0.0941. The van der Waals surface area contributed by atoms with Gasteiger partial charge in [-0.2, -0.15) is 0 Å². The second-order valence-corrected chi connectivity index (χ2v) is 6.49. The van der Waals surface area contributed by atoms with Gasteiger partial charge in [-0.05, 0) is 50.3 Å². The number of hydrogen-bond acceptors (Lipinski definition) is 3. The Morgan fingerprint density at radius 3 is 2.64 bits per heavy atom. The maximum atomic E-state index is 12.5. The number of halogens is 1. The zero-order valence-electron chi connectivity index (χ0n) is 15.0. The van der Waals surface area contributed by atoms with E-state index in [2.05, 4.69) is 5.32 Å². The van der Waals surface area contributed by atoms with E-state index in [1.165, 1.54) is 0 Å². The molecule has 1 amide bonds. The highest BCUT2D eigenvalue weighted by Gasteiger charge is 2.18. The number of ether oxygens (including phenoxy) is 1. The van der Waals surface area contributed by atoms with Gasteiger partial charge in [0, 0.05) is 17.1 Å². The Hall–Kier alpha value is -2.04. The van der Waals surface area contributed by atoms with Crippen molar-refractivity contribution in [3.8, 4) is 5.75 Å². The van der Waals surface area contributed by atoms with Gasteiger partial charge in [0.15, 0.2) is 0 Å². The molecule has 0 saturated heterocycles. The van der Waals surface area contributed by atoms with Crippen LogP contribution in [0, 0.1) is 0 Å². The van der Waals surface area contributed by atoms with Crippen LogP contribution < -0.4 is 10.1 Å². The number of rotatable bonds is 8. The molecule has 0 aliphatic heterocycles. The quantitative estimate of drug-likeness (QED) is 0.768. The average molecular weight is 361 g/mol. The molecule has 2 aromatic carbocycles. The standard InChI is InChI=1S/C20H25ClN2O2/c1-4-12-25-16-9-7-8-15(13-16)20(24)22-14-19(23(2)3)17-10-5-6-11-18(17)21/h5-11,13,19H,4,12,14H2,1-3H3,(H,22,24). The van der Waals surface area contributed by atoms with Crippen LogP contribution in [0.4, 0.5) is 0 Å². The summed E-state index contributed by atoms with van der Waals surface area (Å²) in [6.07, 6.45) is 0.929. The van der Waals surface area contributed by atoms with Gasteiger partial charge in [0.05, 0.1) is 12.6 Å². The van der Waals surface area contributed by atoms with E-state index < -0.39 is 0 Å². The van der Waals surface area contributed by atoms with E-state index in [-0.39, 0.29) is 11.9 Å². The summed E-state index contributed by atoms with van der Waals surface area (Å²) in [5, 5.41) is 3.69. The molecule has 1 atom stereocenters.